The van der Waals surface area contributed by atoms with E-state index in [4.69, 9.17) is 16.3 Å². The van der Waals surface area contributed by atoms with Gasteiger partial charge in [0, 0.05) is 11.1 Å². The molecule has 2 rings (SSSR count). The number of fused-ring (bicyclic) bond motifs is 1. The van der Waals surface area contributed by atoms with E-state index in [1.165, 1.54) is 11.3 Å². The molecule has 0 aliphatic carbocycles. The van der Waals surface area contributed by atoms with E-state index < -0.39 is 5.97 Å². The largest absolute Gasteiger partial charge is 0.462 e. The van der Waals surface area contributed by atoms with Crippen molar-refractivity contribution in [2.24, 2.45) is 0 Å². The van der Waals surface area contributed by atoms with Crippen LogP contribution in [0.3, 0.4) is 0 Å². The van der Waals surface area contributed by atoms with Gasteiger partial charge in [-0.2, -0.15) is 0 Å². The lowest BCUT2D eigenvalue weighted by atomic mass is 10.1. The number of aryl methyl sites for hydroxylation is 2. The first kappa shape index (κ1) is 15.7. The number of ether oxygens (including phenoxy) is 1. The highest BCUT2D eigenvalue weighted by Crippen LogP contribution is 2.37. The zero-order chi connectivity index (χ0) is 15.6. The fourth-order valence-electron chi connectivity index (χ4n) is 2.07. The molecule has 5 nitrogen and oxygen atoms in total. The molecule has 2 heterocycles. The number of esters is 1. The van der Waals surface area contributed by atoms with E-state index in [-0.39, 0.29) is 18.4 Å². The number of nitrogens with one attached hydrogen (secondary N) is 1. The molecule has 1 amide bonds. The number of halogens is 1. The van der Waals surface area contributed by atoms with E-state index in [0.717, 1.165) is 16.6 Å². The first-order chi connectivity index (χ1) is 9.97. The zero-order valence-corrected chi connectivity index (χ0v) is 13.5. The summed E-state index contributed by atoms with van der Waals surface area (Å²) in [5.74, 6) is -1.03. The van der Waals surface area contributed by atoms with Crippen molar-refractivity contribution in [3.05, 3.63) is 22.2 Å². The minimum atomic E-state index is -0.470. The number of pyridine rings is 1. The Morgan fingerprint density at radius 2 is 2.14 bits per heavy atom. The molecule has 0 spiro atoms. The molecule has 0 saturated carbocycles. The third-order valence-electron chi connectivity index (χ3n) is 2.83. The van der Waals surface area contributed by atoms with Crippen molar-refractivity contribution in [3.63, 3.8) is 0 Å². The Bertz CT molecular complexity index is 712. The standard InChI is InChI=1S/C14H15ClN2O3S/c1-4-20-14(19)12-11(17-9(18)6-15)10-7(2)5-8(3)16-13(10)21-12/h5H,4,6H2,1-3H3,(H,17,18). The van der Waals surface area contributed by atoms with Gasteiger partial charge >= 0.3 is 5.97 Å². The van der Waals surface area contributed by atoms with Gasteiger partial charge < -0.3 is 10.1 Å². The van der Waals surface area contributed by atoms with Crippen molar-refractivity contribution >= 4 is 50.7 Å². The molecular formula is C14H15ClN2O3S. The second kappa shape index (κ2) is 6.41. The summed E-state index contributed by atoms with van der Waals surface area (Å²) in [5, 5.41) is 3.44. The average Bonchev–Trinajstić information content (AvgIpc) is 2.77. The lowest BCUT2D eigenvalue weighted by Crippen LogP contribution is -2.15. The van der Waals surface area contributed by atoms with Crippen LogP contribution in [-0.4, -0.2) is 29.3 Å². The van der Waals surface area contributed by atoms with Crippen molar-refractivity contribution in [2.45, 2.75) is 20.8 Å². The van der Waals surface area contributed by atoms with Gasteiger partial charge in [0.05, 0.1) is 12.3 Å². The van der Waals surface area contributed by atoms with E-state index in [9.17, 15) is 9.59 Å². The SMILES string of the molecule is CCOC(=O)c1sc2nc(C)cc(C)c2c1NC(=O)CCl. The molecule has 0 aromatic carbocycles. The van der Waals surface area contributed by atoms with Gasteiger partial charge in [0.25, 0.3) is 0 Å². The Labute approximate surface area is 131 Å². The maximum Gasteiger partial charge on any atom is 0.350 e. The van der Waals surface area contributed by atoms with Gasteiger partial charge in [0.15, 0.2) is 0 Å². The quantitative estimate of drug-likeness (QED) is 0.691. The van der Waals surface area contributed by atoms with E-state index in [1.54, 1.807) is 6.92 Å². The minimum absolute atomic E-state index is 0.183. The van der Waals surface area contributed by atoms with Gasteiger partial charge in [-0.1, -0.05) is 0 Å². The molecule has 21 heavy (non-hydrogen) atoms. The summed E-state index contributed by atoms with van der Waals surface area (Å²) in [7, 11) is 0. The van der Waals surface area contributed by atoms with Crippen LogP contribution in [0.1, 0.15) is 27.9 Å². The van der Waals surface area contributed by atoms with Crippen LogP contribution in [0.2, 0.25) is 0 Å². The van der Waals surface area contributed by atoms with Crippen molar-refractivity contribution < 1.29 is 14.3 Å². The highest BCUT2D eigenvalue weighted by Gasteiger charge is 2.23. The Balaban J connectivity index is 2.65. The number of nitrogens with zero attached hydrogens (tertiary/aromatic N) is 1. The Morgan fingerprint density at radius 1 is 1.43 bits per heavy atom. The Kier molecular flexibility index (Phi) is 4.80. The first-order valence-electron chi connectivity index (χ1n) is 6.41. The lowest BCUT2D eigenvalue weighted by Gasteiger charge is -2.07. The number of carbonyl (C=O) groups excluding carboxylic acids is 2. The van der Waals surface area contributed by atoms with Crippen molar-refractivity contribution in [2.75, 3.05) is 17.8 Å². The number of rotatable bonds is 4. The van der Waals surface area contributed by atoms with Crippen LogP contribution in [0.25, 0.3) is 10.2 Å². The predicted molar refractivity (Wildman–Crippen MR) is 84.4 cm³/mol. The Hall–Kier alpha value is -1.66. The zero-order valence-electron chi connectivity index (χ0n) is 11.9. The van der Waals surface area contributed by atoms with Crippen molar-refractivity contribution in [1.82, 2.24) is 4.98 Å². The van der Waals surface area contributed by atoms with Gasteiger partial charge in [0.1, 0.15) is 15.6 Å². The molecule has 112 valence electrons. The smallest absolute Gasteiger partial charge is 0.350 e. The summed E-state index contributed by atoms with van der Waals surface area (Å²) in [6.07, 6.45) is 0. The maximum atomic E-state index is 12.1. The number of carbonyl (C=O) groups is 2. The summed E-state index contributed by atoms with van der Waals surface area (Å²) in [6, 6.07) is 1.90. The van der Waals surface area contributed by atoms with Crippen LogP contribution >= 0.6 is 22.9 Å². The van der Waals surface area contributed by atoms with E-state index in [2.05, 4.69) is 10.3 Å². The molecule has 0 atom stereocenters. The first-order valence-corrected chi connectivity index (χ1v) is 7.76. The summed E-state index contributed by atoms with van der Waals surface area (Å²) < 4.78 is 5.04. The molecule has 0 radical (unpaired) electrons. The maximum absolute atomic E-state index is 12.1. The topological polar surface area (TPSA) is 68.3 Å². The minimum Gasteiger partial charge on any atom is -0.462 e. The van der Waals surface area contributed by atoms with Gasteiger partial charge in [-0.3, -0.25) is 4.79 Å². The number of anilines is 1. The van der Waals surface area contributed by atoms with Crippen LogP contribution in [-0.2, 0) is 9.53 Å². The average molecular weight is 327 g/mol. The van der Waals surface area contributed by atoms with Crippen LogP contribution < -0.4 is 5.32 Å². The monoisotopic (exact) mass is 326 g/mol. The predicted octanol–water partition coefficient (Wildman–Crippen LogP) is 3.27. The molecule has 0 unspecified atom stereocenters. The molecule has 7 heteroatoms. The number of alkyl halides is 1. The number of hydrogen-bond acceptors (Lipinski definition) is 5. The van der Waals surface area contributed by atoms with Gasteiger partial charge in [-0.15, -0.1) is 22.9 Å². The van der Waals surface area contributed by atoms with E-state index >= 15 is 0 Å². The van der Waals surface area contributed by atoms with E-state index in [0.29, 0.717) is 15.4 Å². The molecule has 0 aliphatic rings. The van der Waals surface area contributed by atoms with Crippen LogP contribution in [0.4, 0.5) is 5.69 Å². The van der Waals surface area contributed by atoms with Crippen LogP contribution in [0, 0.1) is 13.8 Å². The molecular weight excluding hydrogens is 312 g/mol. The molecule has 0 fully saturated rings. The van der Waals surface area contributed by atoms with Gasteiger partial charge in [-0.05, 0) is 32.4 Å². The normalized spacial score (nSPS) is 10.7. The third kappa shape index (κ3) is 3.16. The number of aromatic nitrogens is 1. The Morgan fingerprint density at radius 3 is 2.76 bits per heavy atom. The molecule has 0 bridgehead atoms. The summed E-state index contributed by atoms with van der Waals surface area (Å²) in [5.41, 5.74) is 2.23. The molecule has 0 saturated heterocycles. The molecule has 0 aliphatic heterocycles. The highest BCUT2D eigenvalue weighted by atomic mass is 35.5. The van der Waals surface area contributed by atoms with Gasteiger partial charge in [0.2, 0.25) is 5.91 Å². The summed E-state index contributed by atoms with van der Waals surface area (Å²) in [6.45, 7) is 5.79. The number of thiophene rings is 1. The fraction of sp³-hybridized carbons (Fsp3) is 0.357. The second-order valence-electron chi connectivity index (χ2n) is 4.47. The van der Waals surface area contributed by atoms with Crippen LogP contribution in [0.15, 0.2) is 6.07 Å². The third-order valence-corrected chi connectivity index (χ3v) is 4.14. The lowest BCUT2D eigenvalue weighted by molar-refractivity contribution is -0.113. The molecule has 1 N–H and O–H groups in total. The fourth-order valence-corrected chi connectivity index (χ4v) is 3.29. The number of hydrogen-bond donors (Lipinski definition) is 1. The van der Waals surface area contributed by atoms with Crippen molar-refractivity contribution in [1.29, 1.82) is 0 Å². The molecule has 2 aromatic rings. The van der Waals surface area contributed by atoms with E-state index in [1.807, 2.05) is 19.9 Å². The summed E-state index contributed by atoms with van der Waals surface area (Å²) in [4.78, 5) is 29.2. The highest BCUT2D eigenvalue weighted by molar-refractivity contribution is 7.21. The van der Waals surface area contributed by atoms with Gasteiger partial charge in [-0.25, -0.2) is 9.78 Å². The second-order valence-corrected chi connectivity index (χ2v) is 5.74. The number of amides is 1. The summed E-state index contributed by atoms with van der Waals surface area (Å²) >= 11 is 6.75. The van der Waals surface area contributed by atoms with Crippen LogP contribution in [0.5, 0.6) is 0 Å². The molecule has 2 aromatic heterocycles. The van der Waals surface area contributed by atoms with Crippen molar-refractivity contribution in [3.8, 4) is 0 Å².